The molecule has 0 aliphatic carbocycles. The molecule has 26 heavy (non-hydrogen) atoms. The van der Waals surface area contributed by atoms with E-state index >= 15 is 0 Å². The third kappa shape index (κ3) is 3.90. The number of anilines is 1. The second kappa shape index (κ2) is 7.49. The molecule has 1 saturated heterocycles. The molecule has 1 N–H and O–H groups in total. The number of carbonyl (C=O) groups excluding carboxylic acids is 1. The SMILES string of the molecule is Cc1n[nH]c(C)c1N1CCN(C(=O)CCS(=O)(=O)c2ccccc2)CC1. The van der Waals surface area contributed by atoms with Crippen LogP contribution >= 0.6 is 0 Å². The lowest BCUT2D eigenvalue weighted by Gasteiger charge is -2.36. The molecule has 0 atom stereocenters. The molecule has 0 spiro atoms. The summed E-state index contributed by atoms with van der Waals surface area (Å²) >= 11 is 0. The predicted molar refractivity (Wildman–Crippen MR) is 100.0 cm³/mol. The van der Waals surface area contributed by atoms with Gasteiger partial charge in [0.25, 0.3) is 0 Å². The smallest absolute Gasteiger partial charge is 0.223 e. The van der Waals surface area contributed by atoms with Crippen LogP contribution in [0.5, 0.6) is 0 Å². The number of benzene rings is 1. The van der Waals surface area contributed by atoms with Crippen molar-refractivity contribution in [1.29, 1.82) is 0 Å². The van der Waals surface area contributed by atoms with Gasteiger partial charge in [-0.2, -0.15) is 5.10 Å². The first-order valence-electron chi connectivity index (χ1n) is 8.70. The predicted octanol–water partition coefficient (Wildman–Crippen LogP) is 1.54. The van der Waals surface area contributed by atoms with E-state index in [0.717, 1.165) is 30.2 Å². The number of carbonyl (C=O) groups is 1. The van der Waals surface area contributed by atoms with E-state index in [2.05, 4.69) is 15.1 Å². The fourth-order valence-corrected chi connectivity index (χ4v) is 4.57. The highest BCUT2D eigenvalue weighted by Crippen LogP contribution is 2.23. The molecule has 1 fully saturated rings. The molecule has 8 heteroatoms. The van der Waals surface area contributed by atoms with Gasteiger partial charge in [0.05, 0.1) is 27.7 Å². The number of rotatable bonds is 5. The standard InChI is InChI=1S/C18H24N4O3S/c1-14-18(15(2)20-19-14)22-11-9-21(10-12-22)17(23)8-13-26(24,25)16-6-4-3-5-7-16/h3-7H,8-13H2,1-2H3,(H,19,20). The molecule has 0 unspecified atom stereocenters. The van der Waals surface area contributed by atoms with Crippen LogP contribution in [0.25, 0.3) is 0 Å². The van der Waals surface area contributed by atoms with Crippen molar-refractivity contribution in [3.05, 3.63) is 41.7 Å². The zero-order valence-electron chi connectivity index (χ0n) is 15.1. The molecule has 1 amide bonds. The van der Waals surface area contributed by atoms with Gasteiger partial charge in [-0.3, -0.25) is 9.89 Å². The van der Waals surface area contributed by atoms with Crippen LogP contribution in [0.15, 0.2) is 35.2 Å². The summed E-state index contributed by atoms with van der Waals surface area (Å²) in [6, 6.07) is 8.27. The molecule has 1 aliphatic rings. The molecule has 140 valence electrons. The molecule has 0 radical (unpaired) electrons. The van der Waals surface area contributed by atoms with E-state index in [1.165, 1.54) is 0 Å². The third-order valence-electron chi connectivity index (χ3n) is 4.72. The van der Waals surface area contributed by atoms with Gasteiger partial charge in [-0.25, -0.2) is 8.42 Å². The van der Waals surface area contributed by atoms with Gasteiger partial charge in [-0.15, -0.1) is 0 Å². The van der Waals surface area contributed by atoms with Crippen molar-refractivity contribution in [2.45, 2.75) is 25.2 Å². The molecular formula is C18H24N4O3S. The number of amides is 1. The number of hydrogen-bond acceptors (Lipinski definition) is 5. The van der Waals surface area contributed by atoms with E-state index in [1.807, 2.05) is 13.8 Å². The maximum absolute atomic E-state index is 12.4. The molecule has 1 aromatic heterocycles. The molecule has 0 saturated carbocycles. The van der Waals surface area contributed by atoms with Crippen LogP contribution in [0.4, 0.5) is 5.69 Å². The lowest BCUT2D eigenvalue weighted by molar-refractivity contribution is -0.131. The molecule has 7 nitrogen and oxygen atoms in total. The minimum Gasteiger partial charge on any atom is -0.365 e. The zero-order chi connectivity index (χ0) is 18.7. The monoisotopic (exact) mass is 376 g/mol. The fraction of sp³-hybridized carbons (Fsp3) is 0.444. The Morgan fingerprint density at radius 1 is 1.12 bits per heavy atom. The number of nitrogens with one attached hydrogen (secondary N) is 1. The summed E-state index contributed by atoms with van der Waals surface area (Å²) in [6.45, 7) is 6.57. The number of aryl methyl sites for hydroxylation is 2. The molecule has 2 aromatic rings. The molecular weight excluding hydrogens is 352 g/mol. The number of hydrogen-bond donors (Lipinski definition) is 1. The van der Waals surface area contributed by atoms with E-state index in [1.54, 1.807) is 35.2 Å². The van der Waals surface area contributed by atoms with Crippen molar-refractivity contribution in [2.75, 3.05) is 36.8 Å². The van der Waals surface area contributed by atoms with E-state index in [-0.39, 0.29) is 23.0 Å². The van der Waals surface area contributed by atoms with Crippen LogP contribution in [0.1, 0.15) is 17.8 Å². The first-order valence-corrected chi connectivity index (χ1v) is 10.4. The Morgan fingerprint density at radius 2 is 1.77 bits per heavy atom. The van der Waals surface area contributed by atoms with Crippen LogP contribution in [-0.4, -0.2) is 61.4 Å². The van der Waals surface area contributed by atoms with Crippen LogP contribution in [-0.2, 0) is 14.6 Å². The van der Waals surface area contributed by atoms with Gasteiger partial charge in [0.1, 0.15) is 0 Å². The number of piperazine rings is 1. The van der Waals surface area contributed by atoms with Gasteiger partial charge in [-0.1, -0.05) is 18.2 Å². The molecule has 1 aliphatic heterocycles. The van der Waals surface area contributed by atoms with E-state index in [0.29, 0.717) is 13.1 Å². The van der Waals surface area contributed by atoms with Crippen LogP contribution in [0.3, 0.4) is 0 Å². The Hall–Kier alpha value is -2.35. The Kier molecular flexibility index (Phi) is 5.31. The van der Waals surface area contributed by atoms with Crippen molar-refractivity contribution in [3.8, 4) is 0 Å². The van der Waals surface area contributed by atoms with Crippen molar-refractivity contribution >= 4 is 21.4 Å². The van der Waals surface area contributed by atoms with Crippen LogP contribution < -0.4 is 4.90 Å². The maximum Gasteiger partial charge on any atom is 0.223 e. The Bertz CT molecular complexity index is 850. The lowest BCUT2D eigenvalue weighted by Crippen LogP contribution is -2.49. The number of aromatic nitrogens is 2. The Labute approximate surface area is 153 Å². The highest BCUT2D eigenvalue weighted by Gasteiger charge is 2.25. The zero-order valence-corrected chi connectivity index (χ0v) is 15.9. The summed E-state index contributed by atoms with van der Waals surface area (Å²) in [4.78, 5) is 16.7. The second-order valence-electron chi connectivity index (χ2n) is 6.53. The average molecular weight is 376 g/mol. The number of sulfone groups is 1. The number of aromatic amines is 1. The number of nitrogens with zero attached hydrogens (tertiary/aromatic N) is 3. The summed E-state index contributed by atoms with van der Waals surface area (Å²) in [5, 5.41) is 7.20. The molecule has 3 rings (SSSR count). The average Bonchev–Trinajstić information content (AvgIpc) is 2.99. The van der Waals surface area contributed by atoms with Gasteiger partial charge < -0.3 is 9.80 Å². The summed E-state index contributed by atoms with van der Waals surface area (Å²) in [5.41, 5.74) is 3.08. The van der Waals surface area contributed by atoms with Crippen LogP contribution in [0, 0.1) is 13.8 Å². The van der Waals surface area contributed by atoms with E-state index in [9.17, 15) is 13.2 Å². The van der Waals surface area contributed by atoms with E-state index < -0.39 is 9.84 Å². The first kappa shape index (κ1) is 18.4. The summed E-state index contributed by atoms with van der Waals surface area (Å²) in [7, 11) is -3.42. The summed E-state index contributed by atoms with van der Waals surface area (Å²) < 4.78 is 24.6. The Morgan fingerprint density at radius 3 is 2.35 bits per heavy atom. The van der Waals surface area contributed by atoms with E-state index in [4.69, 9.17) is 0 Å². The van der Waals surface area contributed by atoms with Gasteiger partial charge >= 0.3 is 0 Å². The normalized spacial score (nSPS) is 15.3. The largest absolute Gasteiger partial charge is 0.365 e. The first-order chi connectivity index (χ1) is 12.4. The third-order valence-corrected chi connectivity index (χ3v) is 6.46. The number of H-pyrrole nitrogens is 1. The minimum atomic E-state index is -3.42. The van der Waals surface area contributed by atoms with Gasteiger partial charge in [-0.05, 0) is 26.0 Å². The quantitative estimate of drug-likeness (QED) is 0.855. The highest BCUT2D eigenvalue weighted by atomic mass is 32.2. The highest BCUT2D eigenvalue weighted by molar-refractivity contribution is 7.91. The van der Waals surface area contributed by atoms with Gasteiger partial charge in [0, 0.05) is 32.6 Å². The lowest BCUT2D eigenvalue weighted by atomic mass is 10.2. The van der Waals surface area contributed by atoms with Gasteiger partial charge in [0.15, 0.2) is 9.84 Å². The van der Waals surface area contributed by atoms with Crippen LogP contribution in [0.2, 0.25) is 0 Å². The van der Waals surface area contributed by atoms with Crippen molar-refractivity contribution in [1.82, 2.24) is 15.1 Å². The van der Waals surface area contributed by atoms with Crippen molar-refractivity contribution in [3.63, 3.8) is 0 Å². The second-order valence-corrected chi connectivity index (χ2v) is 8.64. The molecule has 0 bridgehead atoms. The fourth-order valence-electron chi connectivity index (χ4n) is 3.32. The van der Waals surface area contributed by atoms with Gasteiger partial charge in [0.2, 0.25) is 5.91 Å². The summed E-state index contributed by atoms with van der Waals surface area (Å²) in [5.74, 6) is -0.263. The molecule has 1 aromatic carbocycles. The Balaban J connectivity index is 1.54. The minimum absolute atomic E-state index is 0.0149. The summed E-state index contributed by atoms with van der Waals surface area (Å²) in [6.07, 6.45) is 0.0149. The molecule has 2 heterocycles. The van der Waals surface area contributed by atoms with Crippen molar-refractivity contribution in [2.24, 2.45) is 0 Å². The topological polar surface area (TPSA) is 86.4 Å². The maximum atomic E-state index is 12.4. The van der Waals surface area contributed by atoms with Crippen molar-refractivity contribution < 1.29 is 13.2 Å².